The Morgan fingerprint density at radius 2 is 1.93 bits per heavy atom. The predicted octanol–water partition coefficient (Wildman–Crippen LogP) is -0.202. The average Bonchev–Trinajstić information content (AvgIpc) is 2.44. The van der Waals surface area contributed by atoms with Gasteiger partial charge in [-0.3, -0.25) is 14.5 Å². The predicted molar refractivity (Wildman–Crippen MR) is 49.6 cm³/mol. The van der Waals surface area contributed by atoms with Crippen molar-refractivity contribution in [1.82, 2.24) is 4.90 Å². The van der Waals surface area contributed by atoms with Crippen LogP contribution >= 0.6 is 0 Å². The molecule has 2 unspecified atom stereocenters. The van der Waals surface area contributed by atoms with E-state index in [4.69, 9.17) is 5.11 Å². The van der Waals surface area contributed by atoms with Gasteiger partial charge in [-0.05, 0) is 0 Å². The summed E-state index contributed by atoms with van der Waals surface area (Å²) >= 11 is 0. The third kappa shape index (κ3) is 1.27. The fourth-order valence-electron chi connectivity index (χ4n) is 1.84. The number of carboxylic acid groups (broad SMARTS) is 1. The number of aliphatic carboxylic acids is 1. The third-order valence-electron chi connectivity index (χ3n) is 2.71. The molecule has 2 amide bonds. The smallest absolute Gasteiger partial charge is 0.335 e. The quantitative estimate of drug-likeness (QED) is 0.604. The second kappa shape index (κ2) is 3.05. The topological polar surface area (TPSA) is 74.7 Å². The molecular weight excluding hydrogens is 198 g/mol. The third-order valence-corrected chi connectivity index (χ3v) is 2.71. The van der Waals surface area contributed by atoms with Crippen LogP contribution < -0.4 is 0 Å². The molecule has 1 fully saturated rings. The first kappa shape index (κ1) is 9.64. The highest BCUT2D eigenvalue weighted by Gasteiger charge is 2.44. The molecule has 1 aliphatic heterocycles. The van der Waals surface area contributed by atoms with Crippen molar-refractivity contribution in [3.05, 3.63) is 23.8 Å². The number of rotatable bonds is 1. The molecule has 78 valence electrons. The molecular formula is C10H9NO4. The van der Waals surface area contributed by atoms with Gasteiger partial charge in [0.25, 0.3) is 0 Å². The Balaban J connectivity index is 2.38. The average molecular weight is 207 g/mol. The van der Waals surface area contributed by atoms with Crippen molar-refractivity contribution in [3.63, 3.8) is 0 Å². The summed E-state index contributed by atoms with van der Waals surface area (Å²) in [5, 5.41) is 8.75. The number of nitrogens with zero attached hydrogens (tertiary/aromatic N) is 1. The van der Waals surface area contributed by atoms with Crippen molar-refractivity contribution in [1.29, 1.82) is 0 Å². The second-order valence-corrected chi connectivity index (χ2v) is 3.57. The molecule has 2 aliphatic rings. The van der Waals surface area contributed by atoms with Crippen LogP contribution in [0.2, 0.25) is 0 Å². The summed E-state index contributed by atoms with van der Waals surface area (Å²) in [5.74, 6) is -2.86. The minimum absolute atomic E-state index is 0.0627. The number of hydrogen-bond donors (Lipinski definition) is 1. The van der Waals surface area contributed by atoms with Crippen LogP contribution in [0.4, 0.5) is 0 Å². The number of carbonyl (C=O) groups excluding carboxylic acids is 2. The van der Waals surface area contributed by atoms with Gasteiger partial charge in [0.1, 0.15) is 0 Å². The SMILES string of the molecule is CN1C(=O)C2C=CC(C(=O)O)=CC2C1=O. The van der Waals surface area contributed by atoms with Gasteiger partial charge in [-0.15, -0.1) is 0 Å². The van der Waals surface area contributed by atoms with E-state index < -0.39 is 17.8 Å². The van der Waals surface area contributed by atoms with E-state index in [1.54, 1.807) is 0 Å². The van der Waals surface area contributed by atoms with Gasteiger partial charge in [-0.2, -0.15) is 0 Å². The number of carboxylic acids is 1. The molecule has 5 heteroatoms. The molecule has 0 bridgehead atoms. The Labute approximate surface area is 85.7 Å². The molecule has 0 spiro atoms. The molecule has 1 N–H and O–H groups in total. The molecule has 2 atom stereocenters. The van der Waals surface area contributed by atoms with E-state index in [1.807, 2.05) is 0 Å². The van der Waals surface area contributed by atoms with Crippen LogP contribution in [0, 0.1) is 11.8 Å². The van der Waals surface area contributed by atoms with Crippen molar-refractivity contribution in [2.45, 2.75) is 0 Å². The molecule has 0 aromatic heterocycles. The Bertz CT molecular complexity index is 421. The first-order valence-electron chi connectivity index (χ1n) is 4.47. The summed E-state index contributed by atoms with van der Waals surface area (Å²) in [7, 11) is 1.41. The van der Waals surface area contributed by atoms with E-state index in [2.05, 4.69) is 0 Å². The Morgan fingerprint density at radius 3 is 2.53 bits per heavy atom. The van der Waals surface area contributed by atoms with Gasteiger partial charge in [0.05, 0.1) is 17.4 Å². The van der Waals surface area contributed by atoms with E-state index in [-0.39, 0.29) is 17.4 Å². The molecule has 5 nitrogen and oxygen atoms in total. The van der Waals surface area contributed by atoms with Crippen LogP contribution in [0.3, 0.4) is 0 Å². The van der Waals surface area contributed by atoms with Crippen LogP contribution in [0.1, 0.15) is 0 Å². The van der Waals surface area contributed by atoms with Crippen LogP contribution in [0.25, 0.3) is 0 Å². The van der Waals surface area contributed by atoms with Gasteiger partial charge in [0, 0.05) is 7.05 Å². The Hall–Kier alpha value is -1.91. The van der Waals surface area contributed by atoms with Crippen molar-refractivity contribution in [2.24, 2.45) is 11.8 Å². The number of likely N-dealkylation sites (tertiary alicyclic amines) is 1. The lowest BCUT2D eigenvalue weighted by Crippen LogP contribution is -2.25. The van der Waals surface area contributed by atoms with E-state index in [0.717, 1.165) is 4.90 Å². The highest BCUT2D eigenvalue weighted by atomic mass is 16.4. The molecule has 0 aromatic rings. The summed E-state index contributed by atoms with van der Waals surface area (Å²) in [6.07, 6.45) is 4.20. The van der Waals surface area contributed by atoms with Crippen LogP contribution in [-0.4, -0.2) is 34.8 Å². The van der Waals surface area contributed by atoms with Gasteiger partial charge in [0.15, 0.2) is 0 Å². The lowest BCUT2D eigenvalue weighted by atomic mass is 9.88. The van der Waals surface area contributed by atoms with E-state index in [0.29, 0.717) is 0 Å². The summed E-state index contributed by atoms with van der Waals surface area (Å²) in [5.41, 5.74) is 0.0627. The maximum atomic E-state index is 11.6. The van der Waals surface area contributed by atoms with Gasteiger partial charge in [-0.1, -0.05) is 18.2 Å². The fraction of sp³-hybridized carbons (Fsp3) is 0.300. The molecule has 1 saturated heterocycles. The van der Waals surface area contributed by atoms with Crippen molar-refractivity contribution in [2.75, 3.05) is 7.05 Å². The maximum absolute atomic E-state index is 11.6. The number of fused-ring (bicyclic) bond motifs is 1. The second-order valence-electron chi connectivity index (χ2n) is 3.57. The van der Waals surface area contributed by atoms with E-state index in [9.17, 15) is 14.4 Å². The first-order chi connectivity index (χ1) is 7.02. The van der Waals surface area contributed by atoms with Crippen LogP contribution in [-0.2, 0) is 14.4 Å². The Morgan fingerprint density at radius 1 is 1.33 bits per heavy atom. The standard InChI is InChI=1S/C10H9NO4/c1-11-8(12)6-3-2-5(10(14)15)4-7(6)9(11)13/h2-4,6-7H,1H3,(H,14,15). The zero-order chi connectivity index (χ0) is 11.2. The molecule has 2 rings (SSSR count). The monoisotopic (exact) mass is 207 g/mol. The van der Waals surface area contributed by atoms with Gasteiger partial charge >= 0.3 is 5.97 Å². The number of imide groups is 1. The highest BCUT2D eigenvalue weighted by molar-refractivity contribution is 6.08. The molecule has 1 aliphatic carbocycles. The van der Waals surface area contributed by atoms with E-state index in [1.165, 1.54) is 25.3 Å². The number of amides is 2. The highest BCUT2D eigenvalue weighted by Crippen LogP contribution is 2.31. The molecule has 0 saturated carbocycles. The first-order valence-corrected chi connectivity index (χ1v) is 4.47. The van der Waals surface area contributed by atoms with Crippen molar-refractivity contribution < 1.29 is 19.5 Å². The minimum Gasteiger partial charge on any atom is -0.478 e. The summed E-state index contributed by atoms with van der Waals surface area (Å²) < 4.78 is 0. The van der Waals surface area contributed by atoms with Crippen molar-refractivity contribution in [3.8, 4) is 0 Å². The number of carbonyl (C=O) groups is 3. The van der Waals surface area contributed by atoms with Gasteiger partial charge in [0.2, 0.25) is 11.8 Å². The van der Waals surface area contributed by atoms with Crippen LogP contribution in [0.5, 0.6) is 0 Å². The largest absolute Gasteiger partial charge is 0.478 e. The van der Waals surface area contributed by atoms with Crippen LogP contribution in [0.15, 0.2) is 23.8 Å². The maximum Gasteiger partial charge on any atom is 0.335 e. The fourth-order valence-corrected chi connectivity index (χ4v) is 1.84. The summed E-state index contributed by atoms with van der Waals surface area (Å²) in [4.78, 5) is 34.8. The zero-order valence-corrected chi connectivity index (χ0v) is 8.01. The molecule has 0 radical (unpaired) electrons. The van der Waals surface area contributed by atoms with Crippen molar-refractivity contribution >= 4 is 17.8 Å². The van der Waals surface area contributed by atoms with Gasteiger partial charge in [-0.25, -0.2) is 4.79 Å². The summed E-state index contributed by atoms with van der Waals surface area (Å²) in [6.45, 7) is 0. The van der Waals surface area contributed by atoms with E-state index >= 15 is 0 Å². The lowest BCUT2D eigenvalue weighted by Gasteiger charge is -2.12. The van der Waals surface area contributed by atoms with Gasteiger partial charge < -0.3 is 5.11 Å². The normalized spacial score (nSPS) is 29.1. The molecule has 1 heterocycles. The summed E-state index contributed by atoms with van der Waals surface area (Å²) in [6, 6.07) is 0. The molecule has 0 aromatic carbocycles. The Kier molecular flexibility index (Phi) is 1.96. The lowest BCUT2D eigenvalue weighted by molar-refractivity contribution is -0.137. The number of hydrogen-bond acceptors (Lipinski definition) is 3. The minimum atomic E-state index is -1.08. The zero-order valence-electron chi connectivity index (χ0n) is 8.01. The molecule has 15 heavy (non-hydrogen) atoms.